The lowest BCUT2D eigenvalue weighted by atomic mass is 10.4. The number of aromatic nitrogens is 4. The van der Waals surface area contributed by atoms with E-state index in [0.29, 0.717) is 23.5 Å². The molecule has 74 valence electrons. The third-order valence-electron chi connectivity index (χ3n) is 1.71. The summed E-state index contributed by atoms with van der Waals surface area (Å²) in [7, 11) is 0. The second-order valence-corrected chi connectivity index (χ2v) is 3.03. The van der Waals surface area contributed by atoms with Crippen molar-refractivity contribution in [3.05, 3.63) is 15.1 Å². The Kier molecular flexibility index (Phi) is 2.08. The van der Waals surface area contributed by atoms with E-state index in [9.17, 15) is 4.79 Å². The fourth-order valence-electron chi connectivity index (χ4n) is 1.18. The number of fused-ring (bicyclic) bond motifs is 1. The molecule has 7 heteroatoms. The Bertz CT molecular complexity index is 567. The van der Waals surface area contributed by atoms with Gasteiger partial charge in [-0.3, -0.25) is 9.78 Å². The lowest BCUT2D eigenvalue weighted by Gasteiger charge is -1.96. The number of nitrogens with one attached hydrogen (secondary N) is 3. The summed E-state index contributed by atoms with van der Waals surface area (Å²) in [5.41, 5.74) is 0.100. The predicted molar refractivity (Wildman–Crippen MR) is 53.1 cm³/mol. The molecule has 0 aliphatic heterocycles. The zero-order chi connectivity index (χ0) is 10.1. The van der Waals surface area contributed by atoms with Crippen molar-refractivity contribution in [3.63, 3.8) is 0 Å². The molecular formula is C7H8N4O2S. The first-order chi connectivity index (χ1) is 6.72. The number of hydrogen-bond acceptors (Lipinski definition) is 4. The zero-order valence-electron chi connectivity index (χ0n) is 7.38. The maximum Gasteiger partial charge on any atom is 0.266 e. The van der Waals surface area contributed by atoms with Gasteiger partial charge in [-0.1, -0.05) is 0 Å². The van der Waals surface area contributed by atoms with Crippen LogP contribution in [0.1, 0.15) is 6.92 Å². The molecule has 0 unspecified atom stereocenters. The number of hydrogen-bond donors (Lipinski definition) is 3. The number of ether oxygens (including phenoxy) is 1. The summed E-state index contributed by atoms with van der Waals surface area (Å²) >= 11 is 4.80. The molecule has 2 rings (SSSR count). The standard InChI is InChI=1S/C7H8N4O2S/c1-2-13-6-3-4(10-11-6)8-7(14)9-5(3)12/h2H2,1H3,(H3,8,9,10,11,12,14). The molecule has 0 atom stereocenters. The predicted octanol–water partition coefficient (Wildman–Crippen LogP) is 0.707. The highest BCUT2D eigenvalue weighted by molar-refractivity contribution is 7.71. The van der Waals surface area contributed by atoms with Gasteiger partial charge in [0.05, 0.1) is 6.61 Å². The first-order valence-electron chi connectivity index (χ1n) is 4.06. The van der Waals surface area contributed by atoms with Crippen molar-refractivity contribution in [1.29, 1.82) is 0 Å². The van der Waals surface area contributed by atoms with Gasteiger partial charge in [0.1, 0.15) is 5.39 Å². The lowest BCUT2D eigenvalue weighted by Crippen LogP contribution is -2.08. The van der Waals surface area contributed by atoms with Crippen LogP contribution in [0.5, 0.6) is 5.88 Å². The van der Waals surface area contributed by atoms with E-state index < -0.39 is 0 Å². The molecule has 0 bridgehead atoms. The largest absolute Gasteiger partial charge is 0.478 e. The summed E-state index contributed by atoms with van der Waals surface area (Å²) in [6, 6.07) is 0. The van der Waals surface area contributed by atoms with Crippen LogP contribution in [0.3, 0.4) is 0 Å². The van der Waals surface area contributed by atoms with Crippen LogP contribution in [-0.4, -0.2) is 26.8 Å². The summed E-state index contributed by atoms with van der Waals surface area (Å²) in [6.07, 6.45) is 0. The molecule has 3 N–H and O–H groups in total. The molecule has 0 saturated carbocycles. The fraction of sp³-hybridized carbons (Fsp3) is 0.286. The minimum atomic E-state index is -0.305. The van der Waals surface area contributed by atoms with Gasteiger partial charge in [0, 0.05) is 0 Å². The van der Waals surface area contributed by atoms with Crippen molar-refractivity contribution in [2.45, 2.75) is 6.92 Å². The van der Waals surface area contributed by atoms with Crippen molar-refractivity contribution >= 4 is 23.3 Å². The van der Waals surface area contributed by atoms with Gasteiger partial charge in [-0.05, 0) is 19.1 Å². The molecule has 0 aliphatic rings. The minimum absolute atomic E-state index is 0.247. The Balaban J connectivity index is 2.79. The van der Waals surface area contributed by atoms with E-state index in [1.165, 1.54) is 0 Å². The summed E-state index contributed by atoms with van der Waals surface area (Å²) in [5, 5.41) is 6.84. The highest BCUT2D eigenvalue weighted by atomic mass is 32.1. The lowest BCUT2D eigenvalue weighted by molar-refractivity contribution is 0.329. The van der Waals surface area contributed by atoms with Gasteiger partial charge in [-0.15, -0.1) is 0 Å². The molecule has 2 aromatic heterocycles. The molecule has 0 spiro atoms. The van der Waals surface area contributed by atoms with Gasteiger partial charge >= 0.3 is 0 Å². The highest BCUT2D eigenvalue weighted by Crippen LogP contribution is 2.15. The zero-order valence-corrected chi connectivity index (χ0v) is 8.20. The van der Waals surface area contributed by atoms with Crippen LogP contribution in [0.15, 0.2) is 4.79 Å². The van der Waals surface area contributed by atoms with Crippen LogP contribution in [-0.2, 0) is 0 Å². The molecule has 6 nitrogen and oxygen atoms in total. The molecular weight excluding hydrogens is 204 g/mol. The summed E-state index contributed by atoms with van der Waals surface area (Å²) in [5.74, 6) is 0.356. The van der Waals surface area contributed by atoms with Crippen LogP contribution in [0.2, 0.25) is 0 Å². The van der Waals surface area contributed by atoms with Gasteiger partial charge in [-0.25, -0.2) is 5.10 Å². The Morgan fingerprint density at radius 1 is 1.50 bits per heavy atom. The van der Waals surface area contributed by atoms with Crippen molar-refractivity contribution in [2.75, 3.05) is 6.61 Å². The third kappa shape index (κ3) is 1.31. The maximum absolute atomic E-state index is 11.5. The highest BCUT2D eigenvalue weighted by Gasteiger charge is 2.10. The van der Waals surface area contributed by atoms with Crippen molar-refractivity contribution < 1.29 is 4.74 Å². The first-order valence-corrected chi connectivity index (χ1v) is 4.46. The van der Waals surface area contributed by atoms with E-state index in [2.05, 4.69) is 20.2 Å². The average molecular weight is 212 g/mol. The van der Waals surface area contributed by atoms with Crippen LogP contribution in [0.25, 0.3) is 11.0 Å². The van der Waals surface area contributed by atoms with E-state index in [1.54, 1.807) is 0 Å². The molecule has 0 aliphatic carbocycles. The normalized spacial score (nSPS) is 10.6. The maximum atomic E-state index is 11.5. The number of aromatic amines is 3. The van der Waals surface area contributed by atoms with E-state index >= 15 is 0 Å². The summed E-state index contributed by atoms with van der Waals surface area (Å²) < 4.78 is 5.44. The number of H-pyrrole nitrogens is 3. The summed E-state index contributed by atoms with van der Waals surface area (Å²) in [6.45, 7) is 2.29. The summed E-state index contributed by atoms with van der Waals surface area (Å²) in [4.78, 5) is 16.7. The first kappa shape index (κ1) is 8.95. The Labute approximate surface area is 83.3 Å². The Morgan fingerprint density at radius 2 is 2.29 bits per heavy atom. The van der Waals surface area contributed by atoms with Crippen LogP contribution >= 0.6 is 12.2 Å². The molecule has 0 amide bonds. The Morgan fingerprint density at radius 3 is 3.00 bits per heavy atom. The monoisotopic (exact) mass is 212 g/mol. The van der Waals surface area contributed by atoms with Gasteiger partial charge in [0.25, 0.3) is 5.56 Å². The second-order valence-electron chi connectivity index (χ2n) is 2.62. The third-order valence-corrected chi connectivity index (χ3v) is 1.91. The quantitative estimate of drug-likeness (QED) is 0.640. The second kappa shape index (κ2) is 3.26. The molecule has 14 heavy (non-hydrogen) atoms. The van der Waals surface area contributed by atoms with Crippen LogP contribution in [0.4, 0.5) is 0 Å². The molecule has 2 aromatic rings. The van der Waals surface area contributed by atoms with Crippen LogP contribution in [0, 0.1) is 4.77 Å². The number of nitrogens with zero attached hydrogens (tertiary/aromatic N) is 1. The van der Waals surface area contributed by atoms with E-state index in [1.807, 2.05) is 6.92 Å². The van der Waals surface area contributed by atoms with Crippen molar-refractivity contribution in [3.8, 4) is 5.88 Å². The fourth-order valence-corrected chi connectivity index (χ4v) is 1.37. The Hall–Kier alpha value is -1.63. The number of rotatable bonds is 2. The van der Waals surface area contributed by atoms with Gasteiger partial charge in [0.15, 0.2) is 10.4 Å². The van der Waals surface area contributed by atoms with Gasteiger partial charge in [0.2, 0.25) is 5.88 Å². The SMILES string of the molecule is CCOc1[nH]nc2[nH]c(=S)[nH]c(=O)c12. The molecule has 0 aromatic carbocycles. The molecule has 0 saturated heterocycles. The smallest absolute Gasteiger partial charge is 0.266 e. The van der Waals surface area contributed by atoms with Crippen molar-refractivity contribution in [2.24, 2.45) is 0 Å². The van der Waals surface area contributed by atoms with E-state index in [-0.39, 0.29) is 10.3 Å². The van der Waals surface area contributed by atoms with Crippen LogP contribution < -0.4 is 10.3 Å². The van der Waals surface area contributed by atoms with E-state index in [4.69, 9.17) is 17.0 Å². The average Bonchev–Trinajstić information content (AvgIpc) is 2.49. The molecule has 0 fully saturated rings. The van der Waals surface area contributed by atoms with Gasteiger partial charge in [-0.2, -0.15) is 5.10 Å². The molecule has 2 heterocycles. The topological polar surface area (TPSA) is 86.6 Å². The van der Waals surface area contributed by atoms with E-state index in [0.717, 1.165) is 0 Å². The minimum Gasteiger partial charge on any atom is -0.478 e. The molecule has 0 radical (unpaired) electrons. The van der Waals surface area contributed by atoms with Gasteiger partial charge < -0.3 is 9.72 Å². The van der Waals surface area contributed by atoms with Crippen molar-refractivity contribution in [1.82, 2.24) is 20.2 Å².